The maximum Gasteiger partial charge on any atom is 0.324 e. The average molecular weight is 276 g/mol. The van der Waals surface area contributed by atoms with Gasteiger partial charge in [-0.15, -0.1) is 0 Å². The van der Waals surface area contributed by atoms with Crippen molar-refractivity contribution in [1.29, 1.82) is 0 Å². The highest BCUT2D eigenvalue weighted by atomic mass is 16.6. The Morgan fingerprint density at radius 2 is 1.70 bits per heavy atom. The Hall–Kier alpha value is -1.19. The first-order valence-electron chi connectivity index (χ1n) is 7.41. The third kappa shape index (κ3) is 0.887. The van der Waals surface area contributed by atoms with Crippen LogP contribution in [-0.4, -0.2) is 23.1 Å². The van der Waals surface area contributed by atoms with E-state index < -0.39 is 22.4 Å². The first-order valence-corrected chi connectivity index (χ1v) is 7.41. The highest BCUT2D eigenvalue weighted by molar-refractivity contribution is 6.17. The minimum Gasteiger partial charge on any atom is -0.455 e. The molecular weight excluding hydrogens is 256 g/mol. The topological polar surface area (TPSA) is 60.4 Å². The molecule has 20 heavy (non-hydrogen) atoms. The summed E-state index contributed by atoms with van der Waals surface area (Å²) >= 11 is 0. The van der Waals surface area contributed by atoms with Crippen LogP contribution in [0.1, 0.15) is 47.0 Å². The number of carbonyl (C=O) groups is 3. The van der Waals surface area contributed by atoms with Crippen LogP contribution in [0.2, 0.25) is 0 Å². The van der Waals surface area contributed by atoms with E-state index in [1.165, 1.54) is 0 Å². The van der Waals surface area contributed by atoms with E-state index in [-0.39, 0.29) is 35.2 Å². The fraction of sp³-hybridized carbons (Fsp3) is 0.812. The molecule has 1 aliphatic heterocycles. The predicted molar refractivity (Wildman–Crippen MR) is 69.7 cm³/mol. The van der Waals surface area contributed by atoms with E-state index in [2.05, 4.69) is 13.8 Å². The summed E-state index contributed by atoms with van der Waals surface area (Å²) in [6.45, 7) is 7.85. The number of esters is 1. The van der Waals surface area contributed by atoms with E-state index in [1.807, 2.05) is 6.92 Å². The summed E-state index contributed by atoms with van der Waals surface area (Å²) in [4.78, 5) is 37.4. The molecule has 4 aliphatic rings. The van der Waals surface area contributed by atoms with Crippen LogP contribution in [0.4, 0.5) is 0 Å². The van der Waals surface area contributed by atoms with Crippen LogP contribution in [0.15, 0.2) is 0 Å². The molecule has 0 bridgehead atoms. The Balaban J connectivity index is 1.93. The summed E-state index contributed by atoms with van der Waals surface area (Å²) in [5.74, 6) is -0.408. The fourth-order valence-corrected chi connectivity index (χ4v) is 5.87. The van der Waals surface area contributed by atoms with Crippen LogP contribution < -0.4 is 0 Å². The molecular formula is C16H20O4. The van der Waals surface area contributed by atoms with Crippen LogP contribution in [0.25, 0.3) is 0 Å². The number of ether oxygens (including phenoxy) is 1. The van der Waals surface area contributed by atoms with Crippen LogP contribution >= 0.6 is 0 Å². The van der Waals surface area contributed by atoms with Gasteiger partial charge in [0.2, 0.25) is 0 Å². The third-order valence-corrected chi connectivity index (χ3v) is 6.73. The van der Waals surface area contributed by atoms with Crippen LogP contribution in [0.3, 0.4) is 0 Å². The highest BCUT2D eigenvalue weighted by Gasteiger charge is 2.90. The van der Waals surface area contributed by atoms with E-state index in [0.717, 1.165) is 12.8 Å². The molecule has 1 spiro atoms. The maximum absolute atomic E-state index is 12.9. The lowest BCUT2D eigenvalue weighted by atomic mass is 9.59. The molecule has 0 aromatic carbocycles. The lowest BCUT2D eigenvalue weighted by Crippen LogP contribution is -2.71. The first kappa shape index (κ1) is 12.5. The van der Waals surface area contributed by atoms with Gasteiger partial charge in [0.05, 0.1) is 5.41 Å². The molecule has 0 aromatic rings. The quantitative estimate of drug-likeness (QED) is 0.501. The van der Waals surface area contributed by atoms with E-state index in [1.54, 1.807) is 6.92 Å². The molecule has 0 aromatic heterocycles. The van der Waals surface area contributed by atoms with Crippen molar-refractivity contribution in [3.05, 3.63) is 0 Å². The molecule has 4 nitrogen and oxygen atoms in total. The molecule has 2 unspecified atom stereocenters. The van der Waals surface area contributed by atoms with Crippen molar-refractivity contribution in [3.8, 4) is 0 Å². The molecule has 4 heteroatoms. The van der Waals surface area contributed by atoms with Gasteiger partial charge in [-0.05, 0) is 32.1 Å². The number of hydrogen-bond donors (Lipinski definition) is 0. The highest BCUT2D eigenvalue weighted by Crippen LogP contribution is 2.76. The van der Waals surface area contributed by atoms with Crippen molar-refractivity contribution in [2.75, 3.05) is 0 Å². The van der Waals surface area contributed by atoms with Crippen LogP contribution in [0.5, 0.6) is 0 Å². The zero-order valence-electron chi connectivity index (χ0n) is 12.4. The molecule has 3 saturated carbocycles. The summed E-state index contributed by atoms with van der Waals surface area (Å²) in [5, 5.41) is 0. The molecule has 0 radical (unpaired) electrons. The molecule has 5 atom stereocenters. The third-order valence-electron chi connectivity index (χ3n) is 6.73. The number of Topliss-reactive ketones (excluding diaryl/α,β-unsaturated/α-hetero) is 2. The minimum atomic E-state index is -1.09. The largest absolute Gasteiger partial charge is 0.455 e. The average Bonchev–Trinajstić information content (AvgIpc) is 2.79. The summed E-state index contributed by atoms with van der Waals surface area (Å²) < 4.78 is 5.65. The Bertz CT molecular complexity index is 591. The molecule has 0 N–H and O–H groups in total. The van der Waals surface area contributed by atoms with E-state index in [9.17, 15) is 14.4 Å². The lowest BCUT2D eigenvalue weighted by molar-refractivity contribution is -0.256. The predicted octanol–water partition coefficient (Wildman–Crippen LogP) is 1.90. The molecule has 108 valence electrons. The van der Waals surface area contributed by atoms with Gasteiger partial charge in [-0.25, -0.2) is 0 Å². The second-order valence-corrected chi connectivity index (χ2v) is 8.33. The van der Waals surface area contributed by atoms with Gasteiger partial charge >= 0.3 is 5.97 Å². The van der Waals surface area contributed by atoms with Crippen molar-refractivity contribution in [2.45, 2.75) is 52.6 Å². The van der Waals surface area contributed by atoms with Gasteiger partial charge < -0.3 is 4.74 Å². The SMILES string of the molecule is CC1(C)C[C@@H]2C(=O)[C@@]3(C)CC(=O)C4(C)C(=O)OC43[C@@H]2C1. The Kier molecular flexibility index (Phi) is 1.81. The zero-order chi connectivity index (χ0) is 14.7. The minimum absolute atomic E-state index is 0.0177. The molecule has 1 heterocycles. The molecule has 4 fully saturated rings. The Morgan fingerprint density at radius 1 is 1.05 bits per heavy atom. The van der Waals surface area contributed by atoms with Gasteiger partial charge in [0.15, 0.2) is 16.8 Å². The maximum atomic E-state index is 12.9. The number of ketones is 2. The lowest BCUT2D eigenvalue weighted by Gasteiger charge is -2.55. The van der Waals surface area contributed by atoms with Gasteiger partial charge in [-0.1, -0.05) is 13.8 Å². The second kappa shape index (κ2) is 2.88. The van der Waals surface area contributed by atoms with Crippen molar-refractivity contribution in [2.24, 2.45) is 28.1 Å². The van der Waals surface area contributed by atoms with Gasteiger partial charge in [-0.2, -0.15) is 0 Å². The first-order chi connectivity index (χ1) is 9.10. The summed E-state index contributed by atoms with van der Waals surface area (Å²) in [5.41, 5.74) is -2.66. The van der Waals surface area contributed by atoms with Gasteiger partial charge in [0.25, 0.3) is 0 Å². The molecule has 0 amide bonds. The monoisotopic (exact) mass is 276 g/mol. The van der Waals surface area contributed by atoms with E-state index in [4.69, 9.17) is 4.74 Å². The van der Waals surface area contributed by atoms with Crippen molar-refractivity contribution >= 4 is 17.5 Å². The Labute approximate surface area is 118 Å². The Morgan fingerprint density at radius 3 is 2.30 bits per heavy atom. The summed E-state index contributed by atoms with van der Waals surface area (Å²) in [6.07, 6.45) is 1.87. The second-order valence-electron chi connectivity index (χ2n) is 8.33. The number of carbonyl (C=O) groups excluding carboxylic acids is 3. The smallest absolute Gasteiger partial charge is 0.324 e. The van der Waals surface area contributed by atoms with Gasteiger partial charge in [0, 0.05) is 18.3 Å². The standard InChI is InChI=1S/C16H20O4/c1-13(2)5-8-9(6-13)16-14(3,11(8)18)7-10(17)15(16,4)12(19)20-16/h8-9H,5-7H2,1-4H3/t8-,9+,14+,15?,16?/m0/s1. The van der Waals surface area contributed by atoms with E-state index >= 15 is 0 Å². The van der Waals surface area contributed by atoms with Crippen molar-refractivity contribution < 1.29 is 19.1 Å². The molecule has 4 rings (SSSR count). The number of hydrogen-bond acceptors (Lipinski definition) is 4. The molecule has 3 aliphatic carbocycles. The normalized spacial score (nSPS) is 55.1. The number of fused-ring (bicyclic) bond motifs is 1. The summed E-state index contributed by atoms with van der Waals surface area (Å²) in [6, 6.07) is 0. The van der Waals surface area contributed by atoms with Crippen LogP contribution in [0, 0.1) is 28.1 Å². The van der Waals surface area contributed by atoms with Gasteiger partial charge in [-0.3, -0.25) is 14.4 Å². The fourth-order valence-electron chi connectivity index (χ4n) is 5.87. The van der Waals surface area contributed by atoms with Crippen LogP contribution in [-0.2, 0) is 19.1 Å². The summed E-state index contributed by atoms with van der Waals surface area (Å²) in [7, 11) is 0. The van der Waals surface area contributed by atoms with Gasteiger partial charge in [0.1, 0.15) is 5.78 Å². The van der Waals surface area contributed by atoms with Crippen molar-refractivity contribution in [3.63, 3.8) is 0 Å². The zero-order valence-corrected chi connectivity index (χ0v) is 12.4. The van der Waals surface area contributed by atoms with Crippen molar-refractivity contribution in [1.82, 2.24) is 0 Å². The molecule has 1 saturated heterocycles. The van der Waals surface area contributed by atoms with E-state index in [0.29, 0.717) is 0 Å². The number of rotatable bonds is 0.